The van der Waals surface area contributed by atoms with Gasteiger partial charge in [-0.1, -0.05) is 29.8 Å². The molecule has 0 bridgehead atoms. The molecule has 1 atom stereocenters. The fourth-order valence-corrected chi connectivity index (χ4v) is 1.37. The van der Waals surface area contributed by atoms with Crippen LogP contribution >= 0.6 is 0 Å². The van der Waals surface area contributed by atoms with E-state index in [9.17, 15) is 4.79 Å². The highest BCUT2D eigenvalue weighted by atomic mass is 16.6. The molecule has 1 aromatic rings. The first kappa shape index (κ1) is 14.0. The Kier molecular flexibility index (Phi) is 4.33. The van der Waals surface area contributed by atoms with Crippen LogP contribution in [-0.4, -0.2) is 11.7 Å². The third kappa shape index (κ3) is 4.46. The molecular weight excluding hydrogens is 228 g/mol. The van der Waals surface area contributed by atoms with E-state index in [-0.39, 0.29) is 0 Å². The van der Waals surface area contributed by atoms with Crippen LogP contribution < -0.4 is 5.32 Å². The average molecular weight is 246 g/mol. The molecule has 4 heteroatoms. The van der Waals surface area contributed by atoms with E-state index in [0.717, 1.165) is 11.1 Å². The smallest absolute Gasteiger partial charge is 0.408 e. The summed E-state index contributed by atoms with van der Waals surface area (Å²) in [7, 11) is 0. The SMILES string of the molecule is Cc1ccc([C@H](C#N)NC(=O)OC(C)(C)C)cc1. The van der Waals surface area contributed by atoms with Crippen LogP contribution in [0.15, 0.2) is 24.3 Å². The second kappa shape index (κ2) is 5.54. The van der Waals surface area contributed by atoms with Crippen LogP contribution in [0, 0.1) is 18.3 Å². The number of rotatable bonds is 2. The summed E-state index contributed by atoms with van der Waals surface area (Å²) in [5.74, 6) is 0. The molecule has 0 fully saturated rings. The summed E-state index contributed by atoms with van der Waals surface area (Å²) in [4.78, 5) is 11.6. The third-order valence-corrected chi connectivity index (χ3v) is 2.20. The van der Waals surface area contributed by atoms with Gasteiger partial charge in [0.2, 0.25) is 0 Å². The van der Waals surface area contributed by atoms with Gasteiger partial charge in [-0.25, -0.2) is 4.79 Å². The molecule has 0 spiro atoms. The van der Waals surface area contributed by atoms with Crippen LogP contribution in [0.25, 0.3) is 0 Å². The molecule has 0 unspecified atom stereocenters. The molecule has 1 rings (SSSR count). The van der Waals surface area contributed by atoms with Gasteiger partial charge in [0, 0.05) is 0 Å². The number of alkyl carbamates (subject to hydrolysis) is 1. The normalized spacial score (nSPS) is 12.4. The van der Waals surface area contributed by atoms with E-state index in [1.165, 1.54) is 0 Å². The Labute approximate surface area is 108 Å². The highest BCUT2D eigenvalue weighted by Crippen LogP contribution is 2.14. The lowest BCUT2D eigenvalue weighted by Gasteiger charge is -2.21. The Morgan fingerprint density at radius 1 is 1.33 bits per heavy atom. The third-order valence-electron chi connectivity index (χ3n) is 2.20. The van der Waals surface area contributed by atoms with E-state index >= 15 is 0 Å². The fourth-order valence-electron chi connectivity index (χ4n) is 1.37. The Hall–Kier alpha value is -2.02. The molecule has 1 amide bonds. The van der Waals surface area contributed by atoms with Gasteiger partial charge in [-0.2, -0.15) is 5.26 Å². The van der Waals surface area contributed by atoms with Gasteiger partial charge in [0.05, 0.1) is 6.07 Å². The molecule has 96 valence electrons. The number of hydrogen-bond acceptors (Lipinski definition) is 3. The fraction of sp³-hybridized carbons (Fsp3) is 0.429. The van der Waals surface area contributed by atoms with Gasteiger partial charge in [0.25, 0.3) is 0 Å². The summed E-state index contributed by atoms with van der Waals surface area (Å²) in [6.07, 6.45) is -0.588. The largest absolute Gasteiger partial charge is 0.444 e. The van der Waals surface area contributed by atoms with E-state index in [1.807, 2.05) is 37.3 Å². The standard InChI is InChI=1S/C14H18N2O2/c1-10-5-7-11(8-6-10)12(9-15)16-13(17)18-14(2,3)4/h5-8,12H,1-4H3,(H,16,17)/t12-/m0/s1. The van der Waals surface area contributed by atoms with Gasteiger partial charge >= 0.3 is 6.09 Å². The van der Waals surface area contributed by atoms with Crippen molar-refractivity contribution in [3.05, 3.63) is 35.4 Å². The molecular formula is C14H18N2O2. The van der Waals surface area contributed by atoms with Gasteiger partial charge in [-0.3, -0.25) is 0 Å². The van der Waals surface area contributed by atoms with E-state index in [2.05, 4.69) is 5.32 Å². The minimum atomic E-state index is -0.694. The van der Waals surface area contributed by atoms with Crippen molar-refractivity contribution in [1.29, 1.82) is 5.26 Å². The maximum atomic E-state index is 11.6. The van der Waals surface area contributed by atoms with Gasteiger partial charge < -0.3 is 10.1 Å². The zero-order valence-electron chi connectivity index (χ0n) is 11.2. The number of carbonyl (C=O) groups excluding carboxylic acids is 1. The maximum Gasteiger partial charge on any atom is 0.408 e. The zero-order chi connectivity index (χ0) is 13.8. The zero-order valence-corrected chi connectivity index (χ0v) is 11.2. The number of hydrogen-bond donors (Lipinski definition) is 1. The van der Waals surface area contributed by atoms with Crippen molar-refractivity contribution in [1.82, 2.24) is 5.32 Å². The average Bonchev–Trinajstić information content (AvgIpc) is 2.25. The summed E-state index contributed by atoms with van der Waals surface area (Å²) in [5, 5.41) is 11.6. The van der Waals surface area contributed by atoms with Gasteiger partial charge in [0.1, 0.15) is 11.6 Å². The number of nitrogens with one attached hydrogen (secondary N) is 1. The Morgan fingerprint density at radius 2 is 1.89 bits per heavy atom. The highest BCUT2D eigenvalue weighted by Gasteiger charge is 2.20. The van der Waals surface area contributed by atoms with Gasteiger partial charge in [-0.15, -0.1) is 0 Å². The topological polar surface area (TPSA) is 62.1 Å². The molecule has 0 aliphatic carbocycles. The molecule has 0 aliphatic heterocycles. The van der Waals surface area contributed by atoms with Crippen LogP contribution in [0.3, 0.4) is 0 Å². The second-order valence-corrected chi connectivity index (χ2v) is 5.12. The van der Waals surface area contributed by atoms with Crippen LogP contribution in [0.5, 0.6) is 0 Å². The minimum absolute atomic E-state index is 0.572. The van der Waals surface area contributed by atoms with Crippen molar-refractivity contribution in [2.24, 2.45) is 0 Å². The molecule has 1 aromatic carbocycles. The quantitative estimate of drug-likeness (QED) is 0.872. The molecule has 0 heterocycles. The van der Waals surface area contributed by atoms with Gasteiger partial charge in [-0.05, 0) is 33.3 Å². The maximum absolute atomic E-state index is 11.6. The molecule has 0 saturated carbocycles. The number of ether oxygens (including phenoxy) is 1. The van der Waals surface area contributed by atoms with Crippen molar-refractivity contribution in [2.75, 3.05) is 0 Å². The molecule has 0 saturated heterocycles. The molecule has 0 aliphatic rings. The lowest BCUT2D eigenvalue weighted by molar-refractivity contribution is 0.0515. The number of nitriles is 1. The molecule has 4 nitrogen and oxygen atoms in total. The minimum Gasteiger partial charge on any atom is -0.444 e. The first-order chi connectivity index (χ1) is 8.31. The van der Waals surface area contributed by atoms with Gasteiger partial charge in [0.15, 0.2) is 0 Å². The lowest BCUT2D eigenvalue weighted by atomic mass is 10.1. The predicted octanol–water partition coefficient (Wildman–Crippen LogP) is 3.08. The first-order valence-corrected chi connectivity index (χ1v) is 5.77. The van der Waals surface area contributed by atoms with E-state index in [0.29, 0.717) is 0 Å². The van der Waals surface area contributed by atoms with Crippen molar-refractivity contribution < 1.29 is 9.53 Å². The molecule has 1 N–H and O–H groups in total. The van der Waals surface area contributed by atoms with Crippen LogP contribution in [0.4, 0.5) is 4.79 Å². The van der Waals surface area contributed by atoms with Crippen molar-refractivity contribution in [2.45, 2.75) is 39.3 Å². The Morgan fingerprint density at radius 3 is 2.33 bits per heavy atom. The number of amides is 1. The van der Waals surface area contributed by atoms with Crippen molar-refractivity contribution in [3.63, 3.8) is 0 Å². The summed E-state index contributed by atoms with van der Waals surface area (Å²) in [6, 6.07) is 8.79. The van der Waals surface area contributed by atoms with E-state index < -0.39 is 17.7 Å². The van der Waals surface area contributed by atoms with Crippen molar-refractivity contribution >= 4 is 6.09 Å². The monoisotopic (exact) mass is 246 g/mol. The molecule has 0 radical (unpaired) electrons. The first-order valence-electron chi connectivity index (χ1n) is 5.77. The Balaban J connectivity index is 2.72. The highest BCUT2D eigenvalue weighted by molar-refractivity contribution is 5.69. The number of aryl methyl sites for hydroxylation is 1. The lowest BCUT2D eigenvalue weighted by Crippen LogP contribution is -2.34. The van der Waals surface area contributed by atoms with E-state index in [1.54, 1.807) is 20.8 Å². The summed E-state index contributed by atoms with van der Waals surface area (Å²) < 4.78 is 5.11. The summed E-state index contributed by atoms with van der Waals surface area (Å²) >= 11 is 0. The second-order valence-electron chi connectivity index (χ2n) is 5.12. The molecule has 18 heavy (non-hydrogen) atoms. The van der Waals surface area contributed by atoms with Crippen LogP contribution in [-0.2, 0) is 4.74 Å². The number of benzene rings is 1. The summed E-state index contributed by atoms with van der Waals surface area (Å²) in [6.45, 7) is 7.30. The number of carbonyl (C=O) groups is 1. The van der Waals surface area contributed by atoms with Crippen LogP contribution in [0.1, 0.15) is 37.9 Å². The Bertz CT molecular complexity index is 452. The summed E-state index contributed by atoms with van der Waals surface area (Å²) in [5.41, 5.74) is 1.28. The van der Waals surface area contributed by atoms with E-state index in [4.69, 9.17) is 10.00 Å². The van der Waals surface area contributed by atoms with Crippen molar-refractivity contribution in [3.8, 4) is 6.07 Å². The number of nitrogens with zero attached hydrogens (tertiary/aromatic N) is 1. The van der Waals surface area contributed by atoms with Crippen LogP contribution in [0.2, 0.25) is 0 Å². The molecule has 0 aromatic heterocycles. The predicted molar refractivity (Wildman–Crippen MR) is 68.9 cm³/mol.